The van der Waals surface area contributed by atoms with Gasteiger partial charge in [-0.1, -0.05) is 0 Å². The third kappa shape index (κ3) is 3.07. The van der Waals surface area contributed by atoms with Crippen molar-refractivity contribution in [3.8, 4) is 0 Å². The SMILES string of the molecule is Cc1cc(F)ccc1C(=O)NC(CCO)C1CC1. The molecule has 98 valence electrons. The lowest BCUT2D eigenvalue weighted by molar-refractivity contribution is 0.0923. The van der Waals surface area contributed by atoms with Gasteiger partial charge in [0.15, 0.2) is 0 Å². The van der Waals surface area contributed by atoms with Gasteiger partial charge in [-0.15, -0.1) is 0 Å². The van der Waals surface area contributed by atoms with Crippen LogP contribution in [0.2, 0.25) is 0 Å². The highest BCUT2D eigenvalue weighted by molar-refractivity contribution is 5.95. The van der Waals surface area contributed by atoms with Crippen LogP contribution in [0, 0.1) is 18.7 Å². The molecule has 2 N–H and O–H groups in total. The second-order valence-corrected chi connectivity index (χ2v) is 4.89. The Hall–Kier alpha value is -1.42. The Kier molecular flexibility index (Phi) is 3.97. The monoisotopic (exact) mass is 251 g/mol. The third-order valence-corrected chi connectivity index (χ3v) is 3.38. The van der Waals surface area contributed by atoms with E-state index in [2.05, 4.69) is 5.32 Å². The van der Waals surface area contributed by atoms with E-state index in [9.17, 15) is 9.18 Å². The molecule has 1 aliphatic rings. The van der Waals surface area contributed by atoms with E-state index in [1.165, 1.54) is 18.2 Å². The molecular formula is C14H18FNO2. The summed E-state index contributed by atoms with van der Waals surface area (Å²) in [4.78, 5) is 12.1. The first kappa shape index (κ1) is 13.0. The summed E-state index contributed by atoms with van der Waals surface area (Å²) >= 11 is 0. The number of aliphatic hydroxyl groups excluding tert-OH is 1. The number of aryl methyl sites for hydroxylation is 1. The molecule has 18 heavy (non-hydrogen) atoms. The minimum absolute atomic E-state index is 0.0342. The van der Waals surface area contributed by atoms with E-state index in [4.69, 9.17) is 5.11 Å². The van der Waals surface area contributed by atoms with Gasteiger partial charge < -0.3 is 10.4 Å². The maximum atomic E-state index is 13.0. The quantitative estimate of drug-likeness (QED) is 0.841. The van der Waals surface area contributed by atoms with E-state index in [1.807, 2.05) is 0 Å². The Morgan fingerprint density at radius 2 is 2.28 bits per heavy atom. The number of nitrogens with one attached hydrogen (secondary N) is 1. The Balaban J connectivity index is 2.05. The van der Waals surface area contributed by atoms with Crippen molar-refractivity contribution in [3.05, 3.63) is 35.1 Å². The highest BCUT2D eigenvalue weighted by atomic mass is 19.1. The van der Waals surface area contributed by atoms with Crippen LogP contribution in [0.4, 0.5) is 4.39 Å². The summed E-state index contributed by atoms with van der Waals surface area (Å²) in [7, 11) is 0. The normalized spacial score (nSPS) is 16.4. The van der Waals surface area contributed by atoms with Crippen molar-refractivity contribution in [2.75, 3.05) is 6.61 Å². The molecule has 0 spiro atoms. The van der Waals surface area contributed by atoms with Crippen LogP contribution < -0.4 is 5.32 Å². The second-order valence-electron chi connectivity index (χ2n) is 4.89. The molecule has 0 radical (unpaired) electrons. The number of carbonyl (C=O) groups excluding carboxylic acids is 1. The van der Waals surface area contributed by atoms with E-state index >= 15 is 0 Å². The molecule has 1 aromatic carbocycles. The topological polar surface area (TPSA) is 49.3 Å². The van der Waals surface area contributed by atoms with Crippen molar-refractivity contribution in [3.63, 3.8) is 0 Å². The van der Waals surface area contributed by atoms with Crippen LogP contribution in [0.1, 0.15) is 35.2 Å². The van der Waals surface area contributed by atoms with Crippen LogP contribution in [-0.2, 0) is 0 Å². The number of amides is 1. The molecule has 0 aliphatic heterocycles. The van der Waals surface area contributed by atoms with Crippen molar-refractivity contribution >= 4 is 5.91 Å². The average molecular weight is 251 g/mol. The summed E-state index contributed by atoms with van der Waals surface area (Å²) in [5, 5.41) is 11.9. The number of benzene rings is 1. The first-order chi connectivity index (χ1) is 8.61. The molecule has 1 unspecified atom stereocenters. The number of aliphatic hydroxyl groups is 1. The molecule has 1 aliphatic carbocycles. The molecule has 3 nitrogen and oxygen atoms in total. The van der Waals surface area contributed by atoms with Gasteiger partial charge in [0.25, 0.3) is 5.91 Å². The van der Waals surface area contributed by atoms with Crippen molar-refractivity contribution in [2.45, 2.75) is 32.2 Å². The van der Waals surface area contributed by atoms with Crippen LogP contribution in [0.5, 0.6) is 0 Å². The Morgan fingerprint density at radius 1 is 1.56 bits per heavy atom. The highest BCUT2D eigenvalue weighted by Crippen LogP contribution is 2.34. The lowest BCUT2D eigenvalue weighted by atomic mass is 10.1. The number of hydrogen-bond donors (Lipinski definition) is 2. The highest BCUT2D eigenvalue weighted by Gasteiger charge is 2.32. The summed E-state index contributed by atoms with van der Waals surface area (Å²) in [6.45, 7) is 1.79. The number of hydrogen-bond acceptors (Lipinski definition) is 2. The lowest BCUT2D eigenvalue weighted by Crippen LogP contribution is -2.37. The number of rotatable bonds is 5. The molecule has 1 saturated carbocycles. The van der Waals surface area contributed by atoms with Crippen molar-refractivity contribution in [1.82, 2.24) is 5.32 Å². The molecule has 1 aromatic rings. The van der Waals surface area contributed by atoms with Gasteiger partial charge in [0.2, 0.25) is 0 Å². The Bertz CT molecular complexity index is 443. The molecule has 0 saturated heterocycles. The summed E-state index contributed by atoms with van der Waals surface area (Å²) in [6.07, 6.45) is 2.79. The maximum absolute atomic E-state index is 13.0. The first-order valence-corrected chi connectivity index (χ1v) is 6.29. The summed E-state index contributed by atoms with van der Waals surface area (Å²) in [5.41, 5.74) is 1.13. The zero-order valence-electron chi connectivity index (χ0n) is 10.4. The van der Waals surface area contributed by atoms with Crippen molar-refractivity contribution in [2.24, 2.45) is 5.92 Å². The molecule has 4 heteroatoms. The molecule has 1 atom stereocenters. The van der Waals surface area contributed by atoms with Gasteiger partial charge in [0.1, 0.15) is 5.82 Å². The van der Waals surface area contributed by atoms with Crippen LogP contribution in [0.15, 0.2) is 18.2 Å². The largest absolute Gasteiger partial charge is 0.396 e. The summed E-state index contributed by atoms with van der Waals surface area (Å²) < 4.78 is 13.0. The van der Waals surface area contributed by atoms with E-state index in [-0.39, 0.29) is 24.4 Å². The molecule has 2 rings (SSSR count). The predicted octanol–water partition coefficient (Wildman–Crippen LogP) is 2.02. The standard InChI is InChI=1S/C14H18FNO2/c1-9-8-11(15)4-5-12(9)14(18)16-13(6-7-17)10-2-3-10/h4-5,8,10,13,17H,2-3,6-7H2,1H3,(H,16,18). The zero-order chi connectivity index (χ0) is 13.1. The van der Waals surface area contributed by atoms with Gasteiger partial charge in [-0.3, -0.25) is 4.79 Å². The van der Waals surface area contributed by atoms with E-state index in [0.717, 1.165) is 12.8 Å². The maximum Gasteiger partial charge on any atom is 0.251 e. The fourth-order valence-electron chi connectivity index (χ4n) is 2.19. The molecule has 0 bridgehead atoms. The minimum atomic E-state index is -0.335. The molecule has 1 fully saturated rings. The fraction of sp³-hybridized carbons (Fsp3) is 0.500. The summed E-state index contributed by atoms with van der Waals surface area (Å²) in [5.74, 6) is -0.0298. The van der Waals surface area contributed by atoms with Crippen LogP contribution in [0.25, 0.3) is 0 Å². The smallest absolute Gasteiger partial charge is 0.251 e. The minimum Gasteiger partial charge on any atom is -0.396 e. The van der Waals surface area contributed by atoms with Gasteiger partial charge in [-0.2, -0.15) is 0 Å². The van der Waals surface area contributed by atoms with E-state index in [1.54, 1.807) is 6.92 Å². The van der Waals surface area contributed by atoms with Crippen molar-refractivity contribution < 1.29 is 14.3 Å². The first-order valence-electron chi connectivity index (χ1n) is 6.29. The average Bonchev–Trinajstić information content (AvgIpc) is 3.11. The van der Waals surface area contributed by atoms with Gasteiger partial charge in [0, 0.05) is 18.2 Å². The lowest BCUT2D eigenvalue weighted by Gasteiger charge is -2.17. The van der Waals surface area contributed by atoms with Crippen LogP contribution in [0.3, 0.4) is 0 Å². The van der Waals surface area contributed by atoms with Gasteiger partial charge in [0.05, 0.1) is 0 Å². The van der Waals surface area contributed by atoms with Gasteiger partial charge >= 0.3 is 0 Å². The molecule has 0 heterocycles. The molecule has 1 amide bonds. The van der Waals surface area contributed by atoms with Crippen molar-refractivity contribution in [1.29, 1.82) is 0 Å². The molecular weight excluding hydrogens is 233 g/mol. The number of carbonyl (C=O) groups is 1. The molecule has 0 aromatic heterocycles. The third-order valence-electron chi connectivity index (χ3n) is 3.38. The van der Waals surface area contributed by atoms with Crippen LogP contribution in [-0.4, -0.2) is 23.7 Å². The summed E-state index contributed by atoms with van der Waals surface area (Å²) in [6, 6.07) is 4.18. The van der Waals surface area contributed by atoms with E-state index in [0.29, 0.717) is 23.5 Å². The second kappa shape index (κ2) is 5.48. The number of halogens is 1. The zero-order valence-corrected chi connectivity index (χ0v) is 10.4. The fourth-order valence-corrected chi connectivity index (χ4v) is 2.19. The van der Waals surface area contributed by atoms with E-state index < -0.39 is 0 Å². The van der Waals surface area contributed by atoms with Gasteiger partial charge in [-0.05, 0) is 55.9 Å². The van der Waals surface area contributed by atoms with Crippen LogP contribution >= 0.6 is 0 Å². The predicted molar refractivity (Wildman–Crippen MR) is 66.8 cm³/mol. The Morgan fingerprint density at radius 3 is 2.83 bits per heavy atom. The van der Waals surface area contributed by atoms with Gasteiger partial charge in [-0.25, -0.2) is 4.39 Å². The Labute approximate surface area is 106 Å².